The zero-order valence-corrected chi connectivity index (χ0v) is 9.28. The molecule has 1 unspecified atom stereocenters. The maximum Gasteiger partial charge on any atom is 0.0756 e. The molecule has 1 aromatic heterocycles. The number of hydrogen-bond donors (Lipinski definition) is 1. The van der Waals surface area contributed by atoms with Crippen LogP contribution in [0.3, 0.4) is 0 Å². The molecule has 12 heavy (non-hydrogen) atoms. The summed E-state index contributed by atoms with van der Waals surface area (Å²) < 4.78 is 0.902. The minimum Gasteiger partial charge on any atom is -0.312 e. The molecule has 0 spiro atoms. The summed E-state index contributed by atoms with van der Waals surface area (Å²) in [5, 5.41) is 3.77. The monoisotopic (exact) mass is 248 g/mol. The predicted molar refractivity (Wildman–Crippen MR) is 54.4 cm³/mol. The standard InChI is InChI=1S/C8H10BrClN2/c1-5(11-2)8-7(10)3-6(9)4-12-8/h3-5,11H,1-2H3. The topological polar surface area (TPSA) is 24.9 Å². The molecule has 66 valence electrons. The average Bonchev–Trinajstić information content (AvgIpc) is 2.03. The van der Waals surface area contributed by atoms with Crippen LogP contribution in [-0.4, -0.2) is 12.0 Å². The highest BCUT2D eigenvalue weighted by atomic mass is 79.9. The highest BCUT2D eigenvalue weighted by Gasteiger charge is 2.08. The van der Waals surface area contributed by atoms with Crippen LogP contribution in [0, 0.1) is 0 Å². The van der Waals surface area contributed by atoms with E-state index in [0.29, 0.717) is 5.02 Å². The molecule has 0 aliphatic rings. The van der Waals surface area contributed by atoms with Crippen LogP contribution < -0.4 is 5.32 Å². The van der Waals surface area contributed by atoms with Crippen LogP contribution in [0.5, 0.6) is 0 Å². The van der Waals surface area contributed by atoms with Crippen LogP contribution >= 0.6 is 27.5 Å². The number of rotatable bonds is 2. The lowest BCUT2D eigenvalue weighted by Gasteiger charge is -2.10. The zero-order valence-electron chi connectivity index (χ0n) is 6.94. The van der Waals surface area contributed by atoms with Crippen LogP contribution in [0.2, 0.25) is 5.02 Å². The van der Waals surface area contributed by atoms with Gasteiger partial charge >= 0.3 is 0 Å². The lowest BCUT2D eigenvalue weighted by molar-refractivity contribution is 0.633. The fourth-order valence-corrected chi connectivity index (χ4v) is 1.67. The number of nitrogens with zero attached hydrogens (tertiary/aromatic N) is 1. The van der Waals surface area contributed by atoms with Crippen molar-refractivity contribution < 1.29 is 0 Å². The van der Waals surface area contributed by atoms with Crippen molar-refractivity contribution in [2.45, 2.75) is 13.0 Å². The van der Waals surface area contributed by atoms with Crippen molar-refractivity contribution in [3.8, 4) is 0 Å². The molecule has 0 aliphatic heterocycles. The lowest BCUT2D eigenvalue weighted by atomic mass is 10.2. The highest BCUT2D eigenvalue weighted by Crippen LogP contribution is 2.23. The van der Waals surface area contributed by atoms with Gasteiger partial charge in [-0.1, -0.05) is 11.6 Å². The van der Waals surface area contributed by atoms with E-state index in [-0.39, 0.29) is 6.04 Å². The Morgan fingerprint density at radius 2 is 2.33 bits per heavy atom. The molecule has 0 amide bonds. The van der Waals surface area contributed by atoms with Crippen LogP contribution in [0.1, 0.15) is 18.7 Å². The van der Waals surface area contributed by atoms with Gasteiger partial charge < -0.3 is 5.32 Å². The number of nitrogens with one attached hydrogen (secondary N) is 1. The smallest absolute Gasteiger partial charge is 0.0756 e. The normalized spacial score (nSPS) is 13.0. The van der Waals surface area contributed by atoms with Crippen molar-refractivity contribution in [2.75, 3.05) is 7.05 Å². The summed E-state index contributed by atoms with van der Waals surface area (Å²) in [5.74, 6) is 0. The van der Waals surface area contributed by atoms with Gasteiger partial charge in [0.2, 0.25) is 0 Å². The molecule has 1 atom stereocenters. The van der Waals surface area contributed by atoms with Gasteiger partial charge in [-0.3, -0.25) is 4.98 Å². The molecule has 1 heterocycles. The molecule has 4 heteroatoms. The first-order valence-electron chi connectivity index (χ1n) is 3.63. The van der Waals surface area contributed by atoms with Crippen molar-refractivity contribution in [2.24, 2.45) is 0 Å². The Bertz CT molecular complexity index is 278. The quantitative estimate of drug-likeness (QED) is 0.872. The van der Waals surface area contributed by atoms with E-state index in [4.69, 9.17) is 11.6 Å². The minimum atomic E-state index is 0.186. The van der Waals surface area contributed by atoms with Gasteiger partial charge in [0.1, 0.15) is 0 Å². The first-order chi connectivity index (χ1) is 5.65. The van der Waals surface area contributed by atoms with E-state index in [0.717, 1.165) is 10.2 Å². The Labute approximate surface area is 85.5 Å². The van der Waals surface area contributed by atoms with Crippen LogP contribution in [-0.2, 0) is 0 Å². The summed E-state index contributed by atoms with van der Waals surface area (Å²) in [7, 11) is 1.88. The maximum absolute atomic E-state index is 5.97. The summed E-state index contributed by atoms with van der Waals surface area (Å²) >= 11 is 9.27. The van der Waals surface area contributed by atoms with Crippen LogP contribution in [0.15, 0.2) is 16.7 Å². The van der Waals surface area contributed by atoms with Gasteiger partial charge in [-0.2, -0.15) is 0 Å². The van der Waals surface area contributed by atoms with Gasteiger partial charge in [0.15, 0.2) is 0 Å². The lowest BCUT2D eigenvalue weighted by Crippen LogP contribution is -2.14. The van der Waals surface area contributed by atoms with E-state index in [1.807, 2.05) is 20.0 Å². The number of aromatic nitrogens is 1. The van der Waals surface area contributed by atoms with E-state index in [1.165, 1.54) is 0 Å². The second-order valence-corrected chi connectivity index (χ2v) is 3.85. The average molecular weight is 250 g/mol. The largest absolute Gasteiger partial charge is 0.312 e. The summed E-state index contributed by atoms with van der Waals surface area (Å²) in [6.45, 7) is 2.02. The summed E-state index contributed by atoms with van der Waals surface area (Å²) in [5.41, 5.74) is 0.877. The summed E-state index contributed by atoms with van der Waals surface area (Å²) in [6, 6.07) is 2.03. The number of hydrogen-bond acceptors (Lipinski definition) is 2. The van der Waals surface area contributed by atoms with E-state index in [2.05, 4.69) is 26.2 Å². The first kappa shape index (κ1) is 9.96. The Balaban J connectivity index is 3.01. The molecule has 1 aromatic rings. The van der Waals surface area contributed by atoms with Gasteiger partial charge in [-0.15, -0.1) is 0 Å². The molecule has 2 nitrogen and oxygen atoms in total. The third-order valence-electron chi connectivity index (χ3n) is 1.68. The van der Waals surface area contributed by atoms with Crippen molar-refractivity contribution in [1.29, 1.82) is 0 Å². The molecule has 0 aromatic carbocycles. The Hall–Kier alpha value is -0.120. The molecule has 0 saturated heterocycles. The number of pyridine rings is 1. The molecule has 1 N–H and O–H groups in total. The molecule has 0 saturated carbocycles. The maximum atomic E-state index is 5.97. The second-order valence-electron chi connectivity index (χ2n) is 2.53. The minimum absolute atomic E-state index is 0.186. The first-order valence-corrected chi connectivity index (χ1v) is 4.80. The molecule has 0 bridgehead atoms. The van der Waals surface area contributed by atoms with Crippen molar-refractivity contribution in [3.63, 3.8) is 0 Å². The van der Waals surface area contributed by atoms with Crippen molar-refractivity contribution in [1.82, 2.24) is 10.3 Å². The van der Waals surface area contributed by atoms with Crippen molar-refractivity contribution >= 4 is 27.5 Å². The van der Waals surface area contributed by atoms with Gasteiger partial charge in [0.25, 0.3) is 0 Å². The van der Waals surface area contributed by atoms with Crippen LogP contribution in [0.4, 0.5) is 0 Å². The van der Waals surface area contributed by atoms with Gasteiger partial charge in [0.05, 0.1) is 10.7 Å². The van der Waals surface area contributed by atoms with E-state index in [9.17, 15) is 0 Å². The third kappa shape index (κ3) is 2.19. The third-order valence-corrected chi connectivity index (χ3v) is 2.42. The van der Waals surface area contributed by atoms with E-state index in [1.54, 1.807) is 6.20 Å². The van der Waals surface area contributed by atoms with Crippen LogP contribution in [0.25, 0.3) is 0 Å². The summed E-state index contributed by atoms with van der Waals surface area (Å²) in [4.78, 5) is 4.21. The Kier molecular flexibility index (Phi) is 3.50. The molecule has 0 radical (unpaired) electrons. The SMILES string of the molecule is CNC(C)c1ncc(Br)cc1Cl. The molecular formula is C8H10BrClN2. The fraction of sp³-hybridized carbons (Fsp3) is 0.375. The van der Waals surface area contributed by atoms with Gasteiger partial charge in [-0.05, 0) is 36.0 Å². The number of halogens is 2. The molecule has 0 fully saturated rings. The van der Waals surface area contributed by atoms with Gasteiger partial charge in [-0.25, -0.2) is 0 Å². The predicted octanol–water partition coefficient (Wildman–Crippen LogP) is 2.78. The highest BCUT2D eigenvalue weighted by molar-refractivity contribution is 9.10. The Morgan fingerprint density at radius 3 is 2.83 bits per heavy atom. The van der Waals surface area contributed by atoms with Crippen molar-refractivity contribution in [3.05, 3.63) is 27.5 Å². The molecule has 0 aliphatic carbocycles. The fourth-order valence-electron chi connectivity index (χ4n) is 0.880. The van der Waals surface area contributed by atoms with E-state index >= 15 is 0 Å². The molecular weight excluding hydrogens is 239 g/mol. The molecule has 1 rings (SSSR count). The van der Waals surface area contributed by atoms with Gasteiger partial charge in [0, 0.05) is 16.7 Å². The second kappa shape index (κ2) is 4.21. The zero-order chi connectivity index (χ0) is 9.14. The summed E-state index contributed by atoms with van der Waals surface area (Å²) in [6.07, 6.45) is 1.75. The Morgan fingerprint density at radius 1 is 1.67 bits per heavy atom. The van der Waals surface area contributed by atoms with E-state index < -0.39 is 0 Å².